The molecule has 1 aliphatic carbocycles. The first kappa shape index (κ1) is 16.7. The number of halogens is 2. The Morgan fingerprint density at radius 1 is 0.957 bits per heavy atom. The van der Waals surface area contributed by atoms with Gasteiger partial charge in [-0.15, -0.1) is 0 Å². The van der Waals surface area contributed by atoms with Crippen molar-refractivity contribution in [3.63, 3.8) is 0 Å². The Balaban J connectivity index is 1.63. The third-order valence-corrected chi connectivity index (χ3v) is 6.03. The molecule has 1 saturated carbocycles. The van der Waals surface area contributed by atoms with Crippen LogP contribution >= 0.6 is 0 Å². The second kappa shape index (κ2) is 7.19. The van der Waals surface area contributed by atoms with Gasteiger partial charge in [-0.3, -0.25) is 0 Å². The van der Waals surface area contributed by atoms with Gasteiger partial charge in [0, 0.05) is 24.3 Å². The van der Waals surface area contributed by atoms with Gasteiger partial charge in [0.25, 0.3) is 6.43 Å². The topological polar surface area (TPSA) is 3.24 Å². The lowest BCUT2D eigenvalue weighted by molar-refractivity contribution is 0.151. The minimum atomic E-state index is -2.39. The smallest absolute Gasteiger partial charge is 0.265 e. The van der Waals surface area contributed by atoms with Crippen molar-refractivity contribution in [2.24, 2.45) is 17.8 Å². The molecule has 3 heteroatoms. The second-order valence-corrected chi connectivity index (χ2v) is 7.71. The maximum absolute atomic E-state index is 13.3. The van der Waals surface area contributed by atoms with Crippen LogP contribution in [-0.2, 0) is 0 Å². The minimum absolute atomic E-state index is 0.204. The number of rotatable bonds is 3. The van der Waals surface area contributed by atoms with E-state index in [-0.39, 0.29) is 5.56 Å². The molecule has 2 aliphatic rings. The number of nitrogens with zero attached hydrogens (tertiary/aromatic N) is 1. The number of alkyl halides is 2. The lowest BCUT2D eigenvalue weighted by Crippen LogP contribution is -2.37. The van der Waals surface area contributed by atoms with Crippen molar-refractivity contribution < 1.29 is 8.78 Å². The van der Waals surface area contributed by atoms with Crippen molar-refractivity contribution in [1.82, 2.24) is 0 Å². The predicted octanol–water partition coefficient (Wildman–Crippen LogP) is 5.98. The SMILES string of the molecule is Cc1ccc(N2CCC(C3CCC(C)CC3)CC2)c(C(F)F)c1. The van der Waals surface area contributed by atoms with Gasteiger partial charge < -0.3 is 4.90 Å². The van der Waals surface area contributed by atoms with Crippen LogP contribution in [0.1, 0.15) is 63.0 Å². The molecule has 1 aromatic rings. The Morgan fingerprint density at radius 3 is 2.17 bits per heavy atom. The largest absolute Gasteiger partial charge is 0.371 e. The average molecular weight is 321 g/mol. The van der Waals surface area contributed by atoms with Crippen LogP contribution < -0.4 is 4.90 Å². The van der Waals surface area contributed by atoms with Gasteiger partial charge in [0.1, 0.15) is 0 Å². The molecule has 0 atom stereocenters. The highest BCUT2D eigenvalue weighted by atomic mass is 19.3. The summed E-state index contributed by atoms with van der Waals surface area (Å²) in [4.78, 5) is 2.18. The molecule has 0 spiro atoms. The van der Waals surface area contributed by atoms with E-state index >= 15 is 0 Å². The first-order chi connectivity index (χ1) is 11.0. The van der Waals surface area contributed by atoms with Crippen LogP contribution in [0.25, 0.3) is 0 Å². The third kappa shape index (κ3) is 3.87. The van der Waals surface area contributed by atoms with E-state index in [0.717, 1.165) is 54.9 Å². The molecular formula is C20H29F2N. The Kier molecular flexibility index (Phi) is 5.23. The Bertz CT molecular complexity index is 512. The number of benzene rings is 1. The normalized spacial score (nSPS) is 26.7. The molecule has 1 aliphatic heterocycles. The van der Waals surface area contributed by atoms with Crippen LogP contribution in [0.4, 0.5) is 14.5 Å². The van der Waals surface area contributed by atoms with E-state index in [4.69, 9.17) is 0 Å². The van der Waals surface area contributed by atoms with Crippen molar-refractivity contribution in [3.05, 3.63) is 29.3 Å². The summed E-state index contributed by atoms with van der Waals surface area (Å²) in [7, 11) is 0. The van der Waals surface area contributed by atoms with Gasteiger partial charge >= 0.3 is 0 Å². The number of piperidine rings is 1. The highest BCUT2D eigenvalue weighted by Gasteiger charge is 2.30. The van der Waals surface area contributed by atoms with E-state index in [2.05, 4.69) is 11.8 Å². The zero-order valence-corrected chi connectivity index (χ0v) is 14.4. The molecule has 1 aromatic carbocycles. The summed E-state index contributed by atoms with van der Waals surface area (Å²) in [5, 5.41) is 0. The van der Waals surface area contributed by atoms with Gasteiger partial charge in [-0.25, -0.2) is 8.78 Å². The fourth-order valence-electron chi connectivity index (χ4n) is 4.51. The third-order valence-electron chi connectivity index (χ3n) is 6.03. The van der Waals surface area contributed by atoms with Crippen LogP contribution in [0, 0.1) is 24.7 Å². The molecule has 0 radical (unpaired) electrons. The van der Waals surface area contributed by atoms with Crippen LogP contribution in [0.15, 0.2) is 18.2 Å². The highest BCUT2D eigenvalue weighted by Crippen LogP contribution is 2.39. The van der Waals surface area contributed by atoms with Gasteiger partial charge in [0.15, 0.2) is 0 Å². The van der Waals surface area contributed by atoms with Crippen molar-refractivity contribution in [1.29, 1.82) is 0 Å². The van der Waals surface area contributed by atoms with Crippen LogP contribution in [0.3, 0.4) is 0 Å². The van der Waals surface area contributed by atoms with Gasteiger partial charge in [0.2, 0.25) is 0 Å². The van der Waals surface area contributed by atoms with E-state index in [1.54, 1.807) is 6.07 Å². The number of hydrogen-bond donors (Lipinski definition) is 0. The van der Waals surface area contributed by atoms with E-state index in [1.807, 2.05) is 19.1 Å². The molecule has 1 nitrogen and oxygen atoms in total. The zero-order valence-electron chi connectivity index (χ0n) is 14.4. The Labute approximate surface area is 139 Å². The maximum Gasteiger partial charge on any atom is 0.265 e. The van der Waals surface area contributed by atoms with E-state index < -0.39 is 6.43 Å². The van der Waals surface area contributed by atoms with Crippen LogP contribution in [0.5, 0.6) is 0 Å². The summed E-state index contributed by atoms with van der Waals surface area (Å²) in [5.41, 5.74) is 1.87. The van der Waals surface area contributed by atoms with Gasteiger partial charge in [-0.2, -0.15) is 0 Å². The average Bonchev–Trinajstić information content (AvgIpc) is 2.56. The van der Waals surface area contributed by atoms with Crippen molar-refractivity contribution >= 4 is 5.69 Å². The molecule has 0 amide bonds. The highest BCUT2D eigenvalue weighted by molar-refractivity contribution is 5.56. The van der Waals surface area contributed by atoms with Crippen molar-refractivity contribution in [2.75, 3.05) is 18.0 Å². The standard InChI is InChI=1S/C20H29F2N/c1-14-3-6-16(7-4-14)17-9-11-23(12-10-17)19-8-5-15(2)13-18(19)20(21)22/h5,8,13-14,16-17,20H,3-4,6-7,9-12H2,1-2H3. The molecule has 2 fully saturated rings. The quantitative estimate of drug-likeness (QED) is 0.662. The summed E-state index contributed by atoms with van der Waals surface area (Å²) >= 11 is 0. The number of anilines is 1. The maximum atomic E-state index is 13.3. The predicted molar refractivity (Wildman–Crippen MR) is 92.2 cm³/mol. The first-order valence-corrected chi connectivity index (χ1v) is 9.18. The van der Waals surface area contributed by atoms with Crippen molar-refractivity contribution in [2.45, 2.75) is 58.8 Å². The monoisotopic (exact) mass is 321 g/mol. The second-order valence-electron chi connectivity index (χ2n) is 7.71. The lowest BCUT2D eigenvalue weighted by Gasteiger charge is -2.40. The summed E-state index contributed by atoms with van der Waals surface area (Å²) < 4.78 is 26.7. The fraction of sp³-hybridized carbons (Fsp3) is 0.700. The zero-order chi connectivity index (χ0) is 16.4. The first-order valence-electron chi connectivity index (χ1n) is 9.18. The fourth-order valence-corrected chi connectivity index (χ4v) is 4.51. The summed E-state index contributed by atoms with van der Waals surface area (Å²) in [6.07, 6.45) is 5.43. The summed E-state index contributed by atoms with van der Waals surface area (Å²) in [6.45, 7) is 6.10. The molecule has 0 bridgehead atoms. The number of aryl methyl sites for hydroxylation is 1. The molecule has 1 heterocycles. The van der Waals surface area contributed by atoms with Gasteiger partial charge in [-0.05, 0) is 62.5 Å². The summed E-state index contributed by atoms with van der Waals surface area (Å²) in [5.74, 6) is 2.58. The lowest BCUT2D eigenvalue weighted by atomic mass is 9.73. The Hall–Kier alpha value is -1.12. The molecule has 23 heavy (non-hydrogen) atoms. The van der Waals surface area contributed by atoms with Crippen LogP contribution in [0.2, 0.25) is 0 Å². The molecule has 0 N–H and O–H groups in total. The van der Waals surface area contributed by atoms with Gasteiger partial charge in [-0.1, -0.05) is 31.4 Å². The molecule has 3 rings (SSSR count). The van der Waals surface area contributed by atoms with E-state index in [1.165, 1.54) is 25.7 Å². The molecule has 0 unspecified atom stereocenters. The molecule has 128 valence electrons. The Morgan fingerprint density at radius 2 is 1.57 bits per heavy atom. The van der Waals surface area contributed by atoms with Gasteiger partial charge in [0.05, 0.1) is 0 Å². The van der Waals surface area contributed by atoms with E-state index in [0.29, 0.717) is 0 Å². The summed E-state index contributed by atoms with van der Waals surface area (Å²) in [6, 6.07) is 5.49. The van der Waals surface area contributed by atoms with E-state index in [9.17, 15) is 8.78 Å². The molecule has 1 saturated heterocycles. The van der Waals surface area contributed by atoms with Crippen LogP contribution in [-0.4, -0.2) is 13.1 Å². The minimum Gasteiger partial charge on any atom is -0.371 e. The van der Waals surface area contributed by atoms with Crippen molar-refractivity contribution in [3.8, 4) is 0 Å². The molecule has 0 aromatic heterocycles. The number of hydrogen-bond acceptors (Lipinski definition) is 1. The molecular weight excluding hydrogens is 292 g/mol.